The lowest BCUT2D eigenvalue weighted by Gasteiger charge is -2.09. The zero-order valence-corrected chi connectivity index (χ0v) is 17.6. The molecule has 0 bridgehead atoms. The minimum Gasteiger partial charge on any atom is -0.494 e. The predicted molar refractivity (Wildman–Crippen MR) is 117 cm³/mol. The molecule has 5 heteroatoms. The minimum absolute atomic E-state index is 0.152. The summed E-state index contributed by atoms with van der Waals surface area (Å²) in [5, 5.41) is 2.89. The highest BCUT2D eigenvalue weighted by Crippen LogP contribution is 2.18. The molecule has 0 saturated carbocycles. The maximum atomic E-state index is 12.4. The van der Waals surface area contributed by atoms with Crippen molar-refractivity contribution in [3.63, 3.8) is 0 Å². The summed E-state index contributed by atoms with van der Waals surface area (Å²) >= 11 is 0. The summed E-state index contributed by atoms with van der Waals surface area (Å²) in [4.78, 5) is 12.4. The second-order valence-corrected chi connectivity index (χ2v) is 6.81. The quantitative estimate of drug-likeness (QED) is 0.414. The van der Waals surface area contributed by atoms with E-state index >= 15 is 0 Å². The van der Waals surface area contributed by atoms with E-state index in [2.05, 4.69) is 12.2 Å². The van der Waals surface area contributed by atoms with Crippen molar-refractivity contribution in [3.8, 4) is 11.5 Å². The van der Waals surface area contributed by atoms with Gasteiger partial charge in [-0.1, -0.05) is 32.6 Å². The average Bonchev–Trinajstić information content (AvgIpc) is 2.75. The van der Waals surface area contributed by atoms with Crippen LogP contribution in [-0.2, 0) is 4.74 Å². The molecule has 1 amide bonds. The molecule has 5 nitrogen and oxygen atoms in total. The van der Waals surface area contributed by atoms with Crippen LogP contribution in [0.1, 0.15) is 56.3 Å². The van der Waals surface area contributed by atoms with Gasteiger partial charge in [0.05, 0.1) is 13.2 Å². The molecule has 0 heterocycles. The second kappa shape index (κ2) is 13.6. The largest absolute Gasteiger partial charge is 0.494 e. The molecule has 0 aliphatic carbocycles. The molecule has 1 N–H and O–H groups in total. The number of rotatable bonds is 14. The minimum atomic E-state index is -0.152. The van der Waals surface area contributed by atoms with Crippen LogP contribution in [0, 0.1) is 0 Å². The van der Waals surface area contributed by atoms with Crippen LogP contribution in [0.3, 0.4) is 0 Å². The van der Waals surface area contributed by atoms with E-state index in [0.717, 1.165) is 23.6 Å². The summed E-state index contributed by atoms with van der Waals surface area (Å²) in [5.41, 5.74) is 1.32. The SMILES string of the molecule is CCCCCCCOc1ccc(C(=O)Nc2ccc(OCCOCC)cc2)cc1. The van der Waals surface area contributed by atoms with Crippen LogP contribution in [0.5, 0.6) is 11.5 Å². The zero-order chi connectivity index (χ0) is 20.7. The molecule has 0 aromatic heterocycles. The van der Waals surface area contributed by atoms with Crippen molar-refractivity contribution in [2.45, 2.75) is 46.0 Å². The fourth-order valence-corrected chi connectivity index (χ4v) is 2.80. The summed E-state index contributed by atoms with van der Waals surface area (Å²) in [7, 11) is 0. The summed E-state index contributed by atoms with van der Waals surface area (Å²) < 4.78 is 16.6. The van der Waals surface area contributed by atoms with E-state index in [-0.39, 0.29) is 5.91 Å². The number of benzene rings is 2. The molecule has 0 spiro atoms. The molecular weight excluding hydrogens is 366 g/mol. The van der Waals surface area contributed by atoms with Crippen molar-refractivity contribution in [2.75, 3.05) is 31.7 Å². The first kappa shape index (κ1) is 22.8. The normalized spacial score (nSPS) is 10.6. The molecule has 0 atom stereocenters. The highest BCUT2D eigenvalue weighted by atomic mass is 16.5. The van der Waals surface area contributed by atoms with E-state index in [1.807, 2.05) is 43.3 Å². The monoisotopic (exact) mass is 399 g/mol. The third kappa shape index (κ3) is 9.01. The Hall–Kier alpha value is -2.53. The van der Waals surface area contributed by atoms with Gasteiger partial charge in [-0.3, -0.25) is 4.79 Å². The molecular formula is C24H33NO4. The topological polar surface area (TPSA) is 56.8 Å². The van der Waals surface area contributed by atoms with Gasteiger partial charge in [-0.15, -0.1) is 0 Å². The molecule has 0 fully saturated rings. The van der Waals surface area contributed by atoms with Crippen LogP contribution in [-0.4, -0.2) is 32.3 Å². The van der Waals surface area contributed by atoms with Crippen molar-refractivity contribution in [1.82, 2.24) is 0 Å². The van der Waals surface area contributed by atoms with Gasteiger partial charge in [-0.05, 0) is 61.9 Å². The number of unbranched alkanes of at least 4 members (excludes halogenated alkanes) is 4. The number of ether oxygens (including phenoxy) is 3. The van der Waals surface area contributed by atoms with Gasteiger partial charge in [0.2, 0.25) is 0 Å². The summed E-state index contributed by atoms with van der Waals surface area (Å²) in [6.45, 7) is 6.63. The maximum Gasteiger partial charge on any atom is 0.255 e. The smallest absolute Gasteiger partial charge is 0.255 e. The first-order valence-electron chi connectivity index (χ1n) is 10.6. The van der Waals surface area contributed by atoms with E-state index in [4.69, 9.17) is 14.2 Å². The van der Waals surface area contributed by atoms with Crippen molar-refractivity contribution in [3.05, 3.63) is 54.1 Å². The van der Waals surface area contributed by atoms with Gasteiger partial charge in [0, 0.05) is 17.9 Å². The van der Waals surface area contributed by atoms with Gasteiger partial charge >= 0.3 is 0 Å². The van der Waals surface area contributed by atoms with Crippen molar-refractivity contribution < 1.29 is 19.0 Å². The number of anilines is 1. The summed E-state index contributed by atoms with van der Waals surface area (Å²) in [5.74, 6) is 1.39. The predicted octanol–water partition coefficient (Wildman–Crippen LogP) is 5.70. The van der Waals surface area contributed by atoms with Gasteiger partial charge < -0.3 is 19.5 Å². The lowest BCUT2D eigenvalue weighted by molar-refractivity contribution is 0.102. The number of hydrogen-bond acceptors (Lipinski definition) is 4. The van der Waals surface area contributed by atoms with Crippen LogP contribution in [0.15, 0.2) is 48.5 Å². The standard InChI is InChI=1S/C24H33NO4/c1-3-5-6-7-8-17-28-22-13-9-20(10-14-22)24(26)25-21-11-15-23(16-12-21)29-19-18-27-4-2/h9-16H,3-8,17-19H2,1-2H3,(H,25,26). The fraction of sp³-hybridized carbons (Fsp3) is 0.458. The van der Waals surface area contributed by atoms with Gasteiger partial charge in [-0.2, -0.15) is 0 Å². The van der Waals surface area contributed by atoms with E-state index in [1.54, 1.807) is 12.1 Å². The van der Waals surface area contributed by atoms with Crippen molar-refractivity contribution in [1.29, 1.82) is 0 Å². The average molecular weight is 400 g/mol. The summed E-state index contributed by atoms with van der Waals surface area (Å²) in [6.07, 6.45) is 6.06. The first-order chi connectivity index (χ1) is 14.2. The Kier molecular flexibility index (Phi) is 10.7. The molecule has 158 valence electrons. The Morgan fingerprint density at radius 2 is 1.38 bits per heavy atom. The van der Waals surface area contributed by atoms with Crippen LogP contribution in [0.4, 0.5) is 5.69 Å². The first-order valence-corrected chi connectivity index (χ1v) is 10.6. The van der Waals surface area contributed by atoms with Crippen molar-refractivity contribution >= 4 is 11.6 Å². The Balaban J connectivity index is 1.74. The number of nitrogens with one attached hydrogen (secondary N) is 1. The highest BCUT2D eigenvalue weighted by Gasteiger charge is 2.07. The van der Waals surface area contributed by atoms with Crippen LogP contribution < -0.4 is 14.8 Å². The molecule has 2 rings (SSSR count). The molecule has 2 aromatic carbocycles. The molecule has 0 unspecified atom stereocenters. The van der Waals surface area contributed by atoms with Gasteiger partial charge in [0.1, 0.15) is 18.1 Å². The number of amides is 1. The van der Waals surface area contributed by atoms with E-state index < -0.39 is 0 Å². The van der Waals surface area contributed by atoms with Crippen LogP contribution >= 0.6 is 0 Å². The Morgan fingerprint density at radius 1 is 0.759 bits per heavy atom. The Bertz CT molecular complexity index is 698. The molecule has 0 aliphatic heterocycles. The third-order valence-corrected chi connectivity index (χ3v) is 4.45. The number of carbonyl (C=O) groups is 1. The van der Waals surface area contributed by atoms with Crippen LogP contribution in [0.2, 0.25) is 0 Å². The molecule has 29 heavy (non-hydrogen) atoms. The lowest BCUT2D eigenvalue weighted by Crippen LogP contribution is -2.12. The molecule has 0 saturated heterocycles. The van der Waals surface area contributed by atoms with Gasteiger partial charge in [0.15, 0.2) is 0 Å². The molecule has 0 radical (unpaired) electrons. The van der Waals surface area contributed by atoms with Gasteiger partial charge in [0.25, 0.3) is 5.91 Å². The Labute approximate surface area is 174 Å². The van der Waals surface area contributed by atoms with E-state index in [0.29, 0.717) is 32.0 Å². The summed E-state index contributed by atoms with van der Waals surface area (Å²) in [6, 6.07) is 14.6. The van der Waals surface area contributed by atoms with E-state index in [1.165, 1.54) is 25.7 Å². The van der Waals surface area contributed by atoms with Crippen molar-refractivity contribution in [2.24, 2.45) is 0 Å². The molecule has 0 aliphatic rings. The number of carbonyl (C=O) groups excluding carboxylic acids is 1. The maximum absolute atomic E-state index is 12.4. The Morgan fingerprint density at radius 3 is 2.03 bits per heavy atom. The van der Waals surface area contributed by atoms with Crippen LogP contribution in [0.25, 0.3) is 0 Å². The third-order valence-electron chi connectivity index (χ3n) is 4.45. The zero-order valence-electron chi connectivity index (χ0n) is 17.6. The molecule has 2 aromatic rings. The second-order valence-electron chi connectivity index (χ2n) is 6.81. The fourth-order valence-electron chi connectivity index (χ4n) is 2.80. The van der Waals surface area contributed by atoms with Gasteiger partial charge in [-0.25, -0.2) is 0 Å². The lowest BCUT2D eigenvalue weighted by atomic mass is 10.1. The number of hydrogen-bond donors (Lipinski definition) is 1. The van der Waals surface area contributed by atoms with E-state index in [9.17, 15) is 4.79 Å². The highest BCUT2D eigenvalue weighted by molar-refractivity contribution is 6.04.